The standard InChI is InChI=1S/C21H27N5O/c1-13-12-22-11-10-18(13)24-20(27)9-8-16-14(2)23-21-17-6-4-5-7-19(17)25-26(21)15(16)3/h4-7,13,18,22H,8-12H2,1-3H3,(H,24,27). The first kappa shape index (κ1) is 17.9. The van der Waals surface area contributed by atoms with Gasteiger partial charge < -0.3 is 10.6 Å². The predicted octanol–water partition coefficient (Wildman–Crippen LogP) is 2.55. The molecular weight excluding hydrogens is 338 g/mol. The first-order valence-corrected chi connectivity index (χ1v) is 9.78. The number of piperidine rings is 1. The van der Waals surface area contributed by atoms with Crippen molar-refractivity contribution in [2.45, 2.75) is 46.1 Å². The van der Waals surface area contributed by atoms with Crippen LogP contribution in [0.4, 0.5) is 0 Å². The number of rotatable bonds is 4. The zero-order valence-electron chi connectivity index (χ0n) is 16.2. The van der Waals surface area contributed by atoms with Crippen molar-refractivity contribution in [3.63, 3.8) is 0 Å². The van der Waals surface area contributed by atoms with Gasteiger partial charge in [0.1, 0.15) is 0 Å². The van der Waals surface area contributed by atoms with Crippen molar-refractivity contribution in [2.24, 2.45) is 5.92 Å². The smallest absolute Gasteiger partial charge is 0.220 e. The fraction of sp³-hybridized carbons (Fsp3) is 0.476. The molecule has 142 valence electrons. The summed E-state index contributed by atoms with van der Waals surface area (Å²) in [6.07, 6.45) is 2.16. The molecule has 1 fully saturated rings. The topological polar surface area (TPSA) is 71.3 Å². The molecule has 2 N–H and O–H groups in total. The number of fused-ring (bicyclic) bond motifs is 3. The Hall–Kier alpha value is -2.47. The monoisotopic (exact) mass is 365 g/mol. The number of carbonyl (C=O) groups is 1. The van der Waals surface area contributed by atoms with E-state index in [1.54, 1.807) is 0 Å². The lowest BCUT2D eigenvalue weighted by molar-refractivity contribution is -0.122. The van der Waals surface area contributed by atoms with Crippen LogP contribution in [0.3, 0.4) is 0 Å². The summed E-state index contributed by atoms with van der Waals surface area (Å²) in [5.74, 6) is 0.596. The highest BCUT2D eigenvalue weighted by Gasteiger charge is 2.23. The van der Waals surface area contributed by atoms with E-state index in [0.717, 1.165) is 53.0 Å². The number of aromatic nitrogens is 3. The SMILES string of the molecule is Cc1nc2c3ccccc3nn2c(C)c1CCC(=O)NC1CCNCC1C. The molecule has 1 amide bonds. The highest BCUT2D eigenvalue weighted by atomic mass is 16.1. The van der Waals surface area contributed by atoms with E-state index in [9.17, 15) is 4.79 Å². The Labute approximate surface area is 159 Å². The molecule has 4 rings (SSSR count). The molecule has 3 aromatic rings. The van der Waals surface area contributed by atoms with Gasteiger partial charge in [-0.2, -0.15) is 5.10 Å². The van der Waals surface area contributed by atoms with Gasteiger partial charge in [0.05, 0.1) is 5.52 Å². The number of benzene rings is 1. The number of carbonyl (C=O) groups excluding carboxylic acids is 1. The Morgan fingerprint density at radius 1 is 1.33 bits per heavy atom. The quantitative estimate of drug-likeness (QED) is 0.745. The van der Waals surface area contributed by atoms with Crippen molar-refractivity contribution in [3.05, 3.63) is 41.2 Å². The summed E-state index contributed by atoms with van der Waals surface area (Å²) in [5.41, 5.74) is 4.99. The molecular formula is C21H27N5O. The summed E-state index contributed by atoms with van der Waals surface area (Å²) in [6.45, 7) is 8.22. The van der Waals surface area contributed by atoms with Crippen molar-refractivity contribution >= 4 is 22.5 Å². The Bertz CT molecular complexity index is 993. The van der Waals surface area contributed by atoms with Gasteiger partial charge in [-0.05, 0) is 63.4 Å². The second kappa shape index (κ2) is 7.27. The molecule has 0 saturated carbocycles. The van der Waals surface area contributed by atoms with Crippen LogP contribution in [0.5, 0.6) is 0 Å². The van der Waals surface area contributed by atoms with Crippen molar-refractivity contribution in [1.29, 1.82) is 0 Å². The lowest BCUT2D eigenvalue weighted by atomic mass is 9.95. The first-order chi connectivity index (χ1) is 13.0. The summed E-state index contributed by atoms with van der Waals surface area (Å²) >= 11 is 0. The van der Waals surface area contributed by atoms with Gasteiger partial charge in [-0.25, -0.2) is 9.50 Å². The number of hydrogen-bond donors (Lipinski definition) is 2. The zero-order valence-corrected chi connectivity index (χ0v) is 16.2. The molecule has 6 heteroatoms. The largest absolute Gasteiger partial charge is 0.353 e. The lowest BCUT2D eigenvalue weighted by Crippen LogP contribution is -2.48. The molecule has 0 bridgehead atoms. The van der Waals surface area contributed by atoms with Crippen LogP contribution < -0.4 is 10.6 Å². The third-order valence-electron chi connectivity index (χ3n) is 5.75. The second-order valence-electron chi connectivity index (χ2n) is 7.66. The highest BCUT2D eigenvalue weighted by molar-refractivity contribution is 5.92. The minimum absolute atomic E-state index is 0.123. The molecule has 2 aromatic heterocycles. The number of nitrogens with zero attached hydrogens (tertiary/aromatic N) is 3. The maximum atomic E-state index is 12.5. The Morgan fingerprint density at radius 2 is 2.15 bits per heavy atom. The van der Waals surface area contributed by atoms with E-state index >= 15 is 0 Å². The fourth-order valence-corrected chi connectivity index (χ4v) is 4.08. The van der Waals surface area contributed by atoms with Crippen LogP contribution in [-0.4, -0.2) is 39.6 Å². The van der Waals surface area contributed by atoms with Crippen LogP contribution in [-0.2, 0) is 11.2 Å². The van der Waals surface area contributed by atoms with E-state index in [1.807, 2.05) is 29.6 Å². The molecule has 1 saturated heterocycles. The first-order valence-electron chi connectivity index (χ1n) is 9.78. The molecule has 2 atom stereocenters. The molecule has 27 heavy (non-hydrogen) atoms. The van der Waals surface area contributed by atoms with Gasteiger partial charge in [0.25, 0.3) is 0 Å². The summed E-state index contributed by atoms with van der Waals surface area (Å²) in [4.78, 5) is 17.3. The van der Waals surface area contributed by atoms with E-state index in [1.165, 1.54) is 0 Å². The number of hydrogen-bond acceptors (Lipinski definition) is 4. The van der Waals surface area contributed by atoms with Crippen molar-refractivity contribution in [1.82, 2.24) is 25.2 Å². The highest BCUT2D eigenvalue weighted by Crippen LogP contribution is 2.23. The van der Waals surface area contributed by atoms with Crippen molar-refractivity contribution in [3.8, 4) is 0 Å². The normalized spacial score (nSPS) is 20.3. The minimum atomic E-state index is 0.123. The maximum absolute atomic E-state index is 12.5. The molecule has 1 aliphatic heterocycles. The molecule has 1 aromatic carbocycles. The van der Waals surface area contributed by atoms with Gasteiger partial charge in [-0.3, -0.25) is 4.79 Å². The molecule has 0 spiro atoms. The molecule has 6 nitrogen and oxygen atoms in total. The molecule has 3 heterocycles. The van der Waals surface area contributed by atoms with Crippen molar-refractivity contribution in [2.75, 3.05) is 13.1 Å². The predicted molar refractivity (Wildman–Crippen MR) is 107 cm³/mol. The lowest BCUT2D eigenvalue weighted by Gasteiger charge is -2.30. The van der Waals surface area contributed by atoms with Crippen LogP contribution in [0.1, 0.15) is 36.7 Å². The van der Waals surface area contributed by atoms with Gasteiger partial charge in [0.2, 0.25) is 5.91 Å². The zero-order chi connectivity index (χ0) is 19.0. The van der Waals surface area contributed by atoms with Gasteiger partial charge >= 0.3 is 0 Å². The van der Waals surface area contributed by atoms with Crippen molar-refractivity contribution < 1.29 is 4.79 Å². The third-order valence-corrected chi connectivity index (χ3v) is 5.75. The van der Waals surface area contributed by atoms with Crippen LogP contribution >= 0.6 is 0 Å². The van der Waals surface area contributed by atoms with Gasteiger partial charge in [-0.15, -0.1) is 0 Å². The number of amides is 1. The fourth-order valence-electron chi connectivity index (χ4n) is 4.08. The minimum Gasteiger partial charge on any atom is -0.353 e. The number of aryl methyl sites for hydroxylation is 2. The summed E-state index contributed by atoms with van der Waals surface area (Å²) in [7, 11) is 0. The van der Waals surface area contributed by atoms with Crippen LogP contribution in [0.2, 0.25) is 0 Å². The van der Waals surface area contributed by atoms with E-state index < -0.39 is 0 Å². The Kier molecular flexibility index (Phi) is 4.83. The van der Waals surface area contributed by atoms with E-state index in [2.05, 4.69) is 30.5 Å². The van der Waals surface area contributed by atoms with Crippen LogP contribution in [0, 0.1) is 19.8 Å². The average molecular weight is 365 g/mol. The van der Waals surface area contributed by atoms with Gasteiger partial charge in [0, 0.05) is 29.2 Å². The molecule has 1 aliphatic rings. The Morgan fingerprint density at radius 3 is 2.96 bits per heavy atom. The average Bonchev–Trinajstić information content (AvgIpc) is 3.02. The van der Waals surface area contributed by atoms with Crippen LogP contribution in [0.25, 0.3) is 16.6 Å². The summed E-state index contributed by atoms with van der Waals surface area (Å²) < 4.78 is 1.92. The van der Waals surface area contributed by atoms with E-state index in [0.29, 0.717) is 18.8 Å². The summed E-state index contributed by atoms with van der Waals surface area (Å²) in [6, 6.07) is 8.33. The molecule has 2 unspecified atom stereocenters. The second-order valence-corrected chi connectivity index (χ2v) is 7.66. The van der Waals surface area contributed by atoms with E-state index in [4.69, 9.17) is 10.1 Å². The Balaban J connectivity index is 1.53. The molecule has 0 radical (unpaired) electrons. The van der Waals surface area contributed by atoms with Crippen LogP contribution in [0.15, 0.2) is 24.3 Å². The van der Waals surface area contributed by atoms with Gasteiger partial charge in [0.15, 0.2) is 5.65 Å². The van der Waals surface area contributed by atoms with E-state index in [-0.39, 0.29) is 11.9 Å². The van der Waals surface area contributed by atoms with Gasteiger partial charge in [-0.1, -0.05) is 19.1 Å². The summed E-state index contributed by atoms with van der Waals surface area (Å²) in [5, 5.41) is 12.3. The number of nitrogens with one attached hydrogen (secondary N) is 2. The maximum Gasteiger partial charge on any atom is 0.220 e. The third kappa shape index (κ3) is 3.41. The molecule has 0 aliphatic carbocycles.